The van der Waals surface area contributed by atoms with Crippen LogP contribution in [0.15, 0.2) is 12.4 Å². The third-order valence-electron chi connectivity index (χ3n) is 3.75. The van der Waals surface area contributed by atoms with E-state index >= 15 is 0 Å². The van der Waals surface area contributed by atoms with Crippen LogP contribution in [0, 0.1) is 11.3 Å². The number of nitrogens with one attached hydrogen (secondary N) is 1. The summed E-state index contributed by atoms with van der Waals surface area (Å²) in [5.41, 5.74) is 1.02. The van der Waals surface area contributed by atoms with Crippen LogP contribution >= 0.6 is 0 Å². The molecule has 1 aliphatic heterocycles. The number of carbonyl (C=O) groups excluding carboxylic acids is 1. The first-order chi connectivity index (χ1) is 7.98. The fourth-order valence-electron chi connectivity index (χ4n) is 2.50. The van der Waals surface area contributed by atoms with Crippen LogP contribution in [0.4, 0.5) is 0 Å². The van der Waals surface area contributed by atoms with E-state index in [9.17, 15) is 4.79 Å². The van der Waals surface area contributed by atoms with Gasteiger partial charge in [0.1, 0.15) is 0 Å². The Labute approximate surface area is 102 Å². The predicted octanol–water partition coefficient (Wildman–Crippen LogP) is 2.31. The van der Waals surface area contributed by atoms with E-state index < -0.39 is 0 Å². The number of aromatic amines is 1. The van der Waals surface area contributed by atoms with E-state index in [1.807, 2.05) is 4.90 Å². The second-order valence-corrected chi connectivity index (χ2v) is 5.92. The lowest BCUT2D eigenvalue weighted by molar-refractivity contribution is 0.0609. The molecule has 1 amide bonds. The number of likely N-dealkylation sites (tertiary alicyclic amines) is 1. The molecule has 0 atom stereocenters. The molecule has 1 aliphatic rings. The lowest BCUT2D eigenvalue weighted by Gasteiger charge is -2.38. The topological polar surface area (TPSA) is 49.0 Å². The smallest absolute Gasteiger partial charge is 0.257 e. The molecule has 94 valence electrons. The number of nitrogens with zero attached hydrogens (tertiary/aromatic N) is 2. The van der Waals surface area contributed by atoms with Crippen LogP contribution in [0.5, 0.6) is 0 Å². The van der Waals surface area contributed by atoms with Crippen molar-refractivity contribution in [2.75, 3.05) is 13.1 Å². The largest absolute Gasteiger partial charge is 0.339 e. The summed E-state index contributed by atoms with van der Waals surface area (Å²) < 4.78 is 0. The molecule has 1 aromatic heterocycles. The highest BCUT2D eigenvalue weighted by Gasteiger charge is 2.30. The maximum atomic E-state index is 12.1. The average molecular weight is 235 g/mol. The minimum atomic E-state index is 0.103. The van der Waals surface area contributed by atoms with Crippen molar-refractivity contribution >= 4 is 5.91 Å². The number of carbonyl (C=O) groups is 1. The van der Waals surface area contributed by atoms with Crippen LogP contribution < -0.4 is 0 Å². The molecule has 0 unspecified atom stereocenters. The van der Waals surface area contributed by atoms with Crippen molar-refractivity contribution in [1.82, 2.24) is 15.1 Å². The van der Waals surface area contributed by atoms with Crippen molar-refractivity contribution < 1.29 is 4.79 Å². The predicted molar refractivity (Wildman–Crippen MR) is 66.7 cm³/mol. The van der Waals surface area contributed by atoms with E-state index in [1.165, 1.54) is 0 Å². The van der Waals surface area contributed by atoms with Crippen LogP contribution in [0.1, 0.15) is 44.0 Å². The molecule has 0 saturated carbocycles. The molecule has 2 rings (SSSR count). The molecule has 1 aromatic rings. The minimum Gasteiger partial charge on any atom is -0.339 e. The third-order valence-corrected chi connectivity index (χ3v) is 3.75. The quantitative estimate of drug-likeness (QED) is 0.812. The van der Waals surface area contributed by atoms with Gasteiger partial charge < -0.3 is 4.90 Å². The van der Waals surface area contributed by atoms with Crippen molar-refractivity contribution in [3.63, 3.8) is 0 Å². The first-order valence-corrected chi connectivity index (χ1v) is 6.26. The highest BCUT2D eigenvalue weighted by atomic mass is 16.2. The number of hydrogen-bond donors (Lipinski definition) is 1. The SMILES string of the molecule is CC(C)(C)C1CCN(C(=O)c2cn[nH]c2)CC1. The molecule has 4 nitrogen and oxygen atoms in total. The number of aromatic nitrogens is 2. The number of hydrogen-bond acceptors (Lipinski definition) is 2. The normalized spacial score (nSPS) is 18.4. The summed E-state index contributed by atoms with van der Waals surface area (Å²) in [6.45, 7) is 8.58. The Kier molecular flexibility index (Phi) is 3.22. The van der Waals surface area contributed by atoms with Crippen LogP contribution in [0.3, 0.4) is 0 Å². The van der Waals surface area contributed by atoms with Gasteiger partial charge in [0.05, 0.1) is 11.8 Å². The second kappa shape index (κ2) is 4.51. The summed E-state index contributed by atoms with van der Waals surface area (Å²) in [7, 11) is 0. The molecule has 1 saturated heterocycles. The molecule has 0 radical (unpaired) electrons. The van der Waals surface area contributed by atoms with Gasteiger partial charge in [0.15, 0.2) is 0 Å². The third kappa shape index (κ3) is 2.68. The van der Waals surface area contributed by atoms with E-state index in [-0.39, 0.29) is 5.91 Å². The molecular weight excluding hydrogens is 214 g/mol. The molecule has 1 N–H and O–H groups in total. The Bertz CT molecular complexity index is 370. The number of H-pyrrole nitrogens is 1. The van der Waals surface area contributed by atoms with Crippen molar-refractivity contribution in [2.24, 2.45) is 11.3 Å². The van der Waals surface area contributed by atoms with Crippen LogP contribution in [-0.4, -0.2) is 34.1 Å². The van der Waals surface area contributed by atoms with E-state index in [4.69, 9.17) is 0 Å². The lowest BCUT2D eigenvalue weighted by Crippen LogP contribution is -2.41. The van der Waals surface area contributed by atoms with Gasteiger partial charge in [-0.15, -0.1) is 0 Å². The zero-order valence-electron chi connectivity index (χ0n) is 10.9. The molecule has 0 bridgehead atoms. The van der Waals surface area contributed by atoms with Crippen LogP contribution in [0.2, 0.25) is 0 Å². The van der Waals surface area contributed by atoms with Gasteiger partial charge in [-0.25, -0.2) is 0 Å². The van der Waals surface area contributed by atoms with Gasteiger partial charge in [0, 0.05) is 19.3 Å². The Balaban J connectivity index is 1.94. The standard InChI is InChI=1S/C13H21N3O/c1-13(2,3)11-4-6-16(7-5-11)12(17)10-8-14-15-9-10/h8-9,11H,4-7H2,1-3H3,(H,14,15). The van der Waals surface area contributed by atoms with Gasteiger partial charge in [-0.1, -0.05) is 20.8 Å². The average Bonchev–Trinajstić information content (AvgIpc) is 2.80. The summed E-state index contributed by atoms with van der Waals surface area (Å²) in [5, 5.41) is 6.51. The summed E-state index contributed by atoms with van der Waals surface area (Å²) >= 11 is 0. The van der Waals surface area contributed by atoms with Gasteiger partial charge in [-0.2, -0.15) is 5.10 Å². The van der Waals surface area contributed by atoms with Crippen molar-refractivity contribution in [3.05, 3.63) is 18.0 Å². The monoisotopic (exact) mass is 235 g/mol. The van der Waals surface area contributed by atoms with E-state index in [1.54, 1.807) is 12.4 Å². The summed E-state index contributed by atoms with van der Waals surface area (Å²) in [4.78, 5) is 14.0. The Morgan fingerprint density at radius 2 is 2.06 bits per heavy atom. The zero-order valence-corrected chi connectivity index (χ0v) is 10.9. The molecule has 0 aromatic carbocycles. The van der Waals surface area contributed by atoms with Crippen molar-refractivity contribution in [2.45, 2.75) is 33.6 Å². The Morgan fingerprint density at radius 3 is 2.53 bits per heavy atom. The Hall–Kier alpha value is -1.32. The van der Waals surface area contributed by atoms with Gasteiger partial charge in [-0.3, -0.25) is 9.89 Å². The van der Waals surface area contributed by atoms with E-state index in [0.29, 0.717) is 11.0 Å². The van der Waals surface area contributed by atoms with Crippen molar-refractivity contribution in [1.29, 1.82) is 0 Å². The van der Waals surface area contributed by atoms with Gasteiger partial charge in [-0.05, 0) is 24.2 Å². The number of rotatable bonds is 1. The fraction of sp³-hybridized carbons (Fsp3) is 0.692. The molecule has 17 heavy (non-hydrogen) atoms. The summed E-state index contributed by atoms with van der Waals surface area (Å²) in [6, 6.07) is 0. The lowest BCUT2D eigenvalue weighted by atomic mass is 9.75. The van der Waals surface area contributed by atoms with Crippen LogP contribution in [0.25, 0.3) is 0 Å². The number of amides is 1. The maximum Gasteiger partial charge on any atom is 0.257 e. The molecule has 2 heterocycles. The van der Waals surface area contributed by atoms with Gasteiger partial charge in [0.2, 0.25) is 0 Å². The Morgan fingerprint density at radius 1 is 1.41 bits per heavy atom. The first-order valence-electron chi connectivity index (χ1n) is 6.26. The van der Waals surface area contributed by atoms with Gasteiger partial charge >= 0.3 is 0 Å². The maximum absolute atomic E-state index is 12.1. The highest BCUT2D eigenvalue weighted by molar-refractivity contribution is 5.93. The fourth-order valence-corrected chi connectivity index (χ4v) is 2.50. The van der Waals surface area contributed by atoms with Crippen molar-refractivity contribution in [3.8, 4) is 0 Å². The molecule has 0 aliphatic carbocycles. The van der Waals surface area contributed by atoms with Crippen LogP contribution in [-0.2, 0) is 0 Å². The summed E-state index contributed by atoms with van der Waals surface area (Å²) in [5.74, 6) is 0.821. The van der Waals surface area contributed by atoms with E-state index in [2.05, 4.69) is 31.0 Å². The first kappa shape index (κ1) is 12.1. The minimum absolute atomic E-state index is 0.103. The van der Waals surface area contributed by atoms with Gasteiger partial charge in [0.25, 0.3) is 5.91 Å². The second-order valence-electron chi connectivity index (χ2n) is 5.92. The molecular formula is C13H21N3O. The van der Waals surface area contributed by atoms with E-state index in [0.717, 1.165) is 31.8 Å². The zero-order chi connectivity index (χ0) is 12.5. The highest BCUT2D eigenvalue weighted by Crippen LogP contribution is 2.34. The summed E-state index contributed by atoms with van der Waals surface area (Å²) in [6.07, 6.45) is 5.47. The number of piperidine rings is 1. The molecule has 4 heteroatoms. The molecule has 1 fully saturated rings. The molecule has 0 spiro atoms.